The number of amides is 1. The predicted molar refractivity (Wildman–Crippen MR) is 76.4 cm³/mol. The lowest BCUT2D eigenvalue weighted by Crippen LogP contribution is -2.46. The maximum atomic E-state index is 12.0. The van der Waals surface area contributed by atoms with Crippen LogP contribution >= 0.6 is 0 Å². The summed E-state index contributed by atoms with van der Waals surface area (Å²) in [6.07, 6.45) is 0.193. The molecule has 0 radical (unpaired) electrons. The van der Waals surface area contributed by atoms with Crippen LogP contribution in [0, 0.1) is 0 Å². The fourth-order valence-electron chi connectivity index (χ4n) is 1.96. The Morgan fingerprint density at radius 3 is 2.89 bits per heavy atom. The Kier molecular flexibility index (Phi) is 4.63. The fourth-order valence-corrected chi connectivity index (χ4v) is 1.96. The lowest BCUT2D eigenvalue weighted by molar-refractivity contribution is -0.121. The van der Waals surface area contributed by atoms with Gasteiger partial charge in [-0.2, -0.15) is 0 Å². The van der Waals surface area contributed by atoms with E-state index >= 15 is 0 Å². The number of hydrogen-bond donors (Lipinski definition) is 3. The highest BCUT2D eigenvalue weighted by Crippen LogP contribution is 2.24. The summed E-state index contributed by atoms with van der Waals surface area (Å²) in [5.41, 5.74) is 2.00. The molecule has 0 aliphatic carbocycles. The molecule has 19 heavy (non-hydrogen) atoms. The molecule has 1 aliphatic heterocycles. The van der Waals surface area contributed by atoms with E-state index in [9.17, 15) is 4.79 Å². The van der Waals surface area contributed by atoms with Crippen LogP contribution in [-0.4, -0.2) is 37.7 Å². The van der Waals surface area contributed by atoms with Crippen molar-refractivity contribution in [3.8, 4) is 0 Å². The minimum atomic E-state index is -0.242. The van der Waals surface area contributed by atoms with Gasteiger partial charge in [-0.05, 0) is 26.0 Å². The molecule has 1 aromatic carbocycles. The summed E-state index contributed by atoms with van der Waals surface area (Å²) < 4.78 is 5.39. The molecule has 0 saturated carbocycles. The molecule has 0 bridgehead atoms. The van der Waals surface area contributed by atoms with E-state index in [0.29, 0.717) is 19.7 Å². The van der Waals surface area contributed by atoms with Gasteiger partial charge in [-0.25, -0.2) is 0 Å². The van der Waals surface area contributed by atoms with Gasteiger partial charge in [-0.1, -0.05) is 12.1 Å². The van der Waals surface area contributed by atoms with Crippen LogP contribution in [0.5, 0.6) is 0 Å². The van der Waals surface area contributed by atoms with E-state index in [1.165, 1.54) is 0 Å². The summed E-state index contributed by atoms with van der Waals surface area (Å²) in [6, 6.07) is 7.63. The second kappa shape index (κ2) is 6.43. The van der Waals surface area contributed by atoms with E-state index < -0.39 is 0 Å². The van der Waals surface area contributed by atoms with Gasteiger partial charge in [-0.15, -0.1) is 0 Å². The van der Waals surface area contributed by atoms with Crippen molar-refractivity contribution in [3.63, 3.8) is 0 Å². The van der Waals surface area contributed by atoms with Gasteiger partial charge in [0, 0.05) is 13.1 Å². The van der Waals surface area contributed by atoms with Crippen molar-refractivity contribution in [1.29, 1.82) is 0 Å². The minimum absolute atomic E-state index is 0.00522. The molecule has 0 fully saturated rings. The number of para-hydroxylation sites is 2. The van der Waals surface area contributed by atoms with Gasteiger partial charge in [0.05, 0.1) is 24.1 Å². The lowest BCUT2D eigenvalue weighted by Gasteiger charge is -2.27. The monoisotopic (exact) mass is 263 g/mol. The lowest BCUT2D eigenvalue weighted by atomic mass is 10.1. The normalized spacial score (nSPS) is 17.3. The summed E-state index contributed by atoms with van der Waals surface area (Å²) in [5, 5.41) is 9.35. The van der Waals surface area contributed by atoms with Crippen LogP contribution in [0.4, 0.5) is 11.4 Å². The quantitative estimate of drug-likeness (QED) is 0.703. The van der Waals surface area contributed by atoms with E-state index in [1.807, 2.05) is 38.1 Å². The molecule has 1 amide bonds. The number of benzene rings is 1. The molecule has 1 atom stereocenters. The second-order valence-electron chi connectivity index (χ2n) is 4.83. The predicted octanol–water partition coefficient (Wildman–Crippen LogP) is 1.43. The van der Waals surface area contributed by atoms with Crippen LogP contribution in [0.3, 0.4) is 0 Å². The van der Waals surface area contributed by atoms with Crippen LogP contribution in [-0.2, 0) is 9.53 Å². The van der Waals surface area contributed by atoms with Crippen molar-refractivity contribution in [1.82, 2.24) is 5.32 Å². The zero-order chi connectivity index (χ0) is 13.7. The van der Waals surface area contributed by atoms with Gasteiger partial charge >= 0.3 is 0 Å². The van der Waals surface area contributed by atoms with E-state index in [0.717, 1.165) is 11.4 Å². The van der Waals surface area contributed by atoms with Crippen molar-refractivity contribution in [2.45, 2.75) is 26.0 Å². The number of hydrogen-bond acceptors (Lipinski definition) is 4. The van der Waals surface area contributed by atoms with Gasteiger partial charge in [0.25, 0.3) is 0 Å². The highest BCUT2D eigenvalue weighted by atomic mass is 16.5. The second-order valence-corrected chi connectivity index (χ2v) is 4.83. The van der Waals surface area contributed by atoms with Gasteiger partial charge in [0.15, 0.2) is 0 Å². The SMILES string of the molecule is CC(C)OCCNC(=O)C1CNc2ccccc2N1. The minimum Gasteiger partial charge on any atom is -0.381 e. The third-order valence-corrected chi connectivity index (χ3v) is 2.92. The fraction of sp³-hybridized carbons (Fsp3) is 0.500. The maximum Gasteiger partial charge on any atom is 0.244 e. The molecule has 104 valence electrons. The largest absolute Gasteiger partial charge is 0.381 e. The summed E-state index contributed by atoms with van der Waals surface area (Å²) in [4.78, 5) is 12.0. The molecule has 0 saturated heterocycles. The topological polar surface area (TPSA) is 62.4 Å². The van der Waals surface area contributed by atoms with Gasteiger partial charge in [-0.3, -0.25) is 4.79 Å². The van der Waals surface area contributed by atoms with Crippen molar-refractivity contribution in [3.05, 3.63) is 24.3 Å². The van der Waals surface area contributed by atoms with Crippen molar-refractivity contribution in [2.24, 2.45) is 0 Å². The molecular formula is C14H21N3O2. The van der Waals surface area contributed by atoms with E-state index in [-0.39, 0.29) is 18.1 Å². The Morgan fingerprint density at radius 1 is 1.42 bits per heavy atom. The number of carbonyl (C=O) groups is 1. The molecule has 2 rings (SSSR count). The standard InChI is InChI=1S/C14H21N3O2/c1-10(2)19-8-7-15-14(18)13-9-16-11-5-3-4-6-12(11)17-13/h3-6,10,13,16-17H,7-9H2,1-2H3,(H,15,18). The third-order valence-electron chi connectivity index (χ3n) is 2.92. The smallest absolute Gasteiger partial charge is 0.244 e. The van der Waals surface area contributed by atoms with Crippen LogP contribution in [0.2, 0.25) is 0 Å². The third kappa shape index (κ3) is 3.86. The van der Waals surface area contributed by atoms with Crippen LogP contribution in [0.15, 0.2) is 24.3 Å². The number of nitrogens with one attached hydrogen (secondary N) is 3. The van der Waals surface area contributed by atoms with Crippen molar-refractivity contribution in [2.75, 3.05) is 30.3 Å². The Labute approximate surface area is 113 Å². The zero-order valence-electron chi connectivity index (χ0n) is 11.4. The van der Waals surface area contributed by atoms with Gasteiger partial charge in [0.2, 0.25) is 5.91 Å². The molecule has 1 aliphatic rings. The summed E-state index contributed by atoms with van der Waals surface area (Å²) >= 11 is 0. The molecule has 1 heterocycles. The number of fused-ring (bicyclic) bond motifs is 1. The van der Waals surface area contributed by atoms with Gasteiger partial charge in [0.1, 0.15) is 6.04 Å². The molecule has 3 N–H and O–H groups in total. The number of ether oxygens (including phenoxy) is 1. The molecule has 0 aromatic heterocycles. The number of rotatable bonds is 5. The Hall–Kier alpha value is -1.75. The molecular weight excluding hydrogens is 242 g/mol. The molecule has 1 aromatic rings. The Bertz CT molecular complexity index is 434. The Morgan fingerprint density at radius 2 is 2.16 bits per heavy atom. The number of carbonyl (C=O) groups excluding carboxylic acids is 1. The van der Waals surface area contributed by atoms with Crippen LogP contribution in [0.1, 0.15) is 13.8 Å². The molecule has 5 heteroatoms. The Balaban J connectivity index is 1.79. The first kappa shape index (κ1) is 13.7. The average Bonchev–Trinajstić information content (AvgIpc) is 2.42. The van der Waals surface area contributed by atoms with Gasteiger partial charge < -0.3 is 20.7 Å². The van der Waals surface area contributed by atoms with E-state index in [1.54, 1.807) is 0 Å². The average molecular weight is 263 g/mol. The number of anilines is 2. The van der Waals surface area contributed by atoms with Crippen LogP contribution < -0.4 is 16.0 Å². The summed E-state index contributed by atoms with van der Waals surface area (Å²) in [7, 11) is 0. The summed E-state index contributed by atoms with van der Waals surface area (Å²) in [5.74, 6) is -0.00522. The highest BCUT2D eigenvalue weighted by Gasteiger charge is 2.22. The zero-order valence-corrected chi connectivity index (χ0v) is 11.4. The van der Waals surface area contributed by atoms with E-state index in [2.05, 4.69) is 16.0 Å². The highest BCUT2D eigenvalue weighted by molar-refractivity contribution is 5.88. The van der Waals surface area contributed by atoms with E-state index in [4.69, 9.17) is 4.74 Å². The van der Waals surface area contributed by atoms with Crippen molar-refractivity contribution < 1.29 is 9.53 Å². The molecule has 1 unspecified atom stereocenters. The first-order chi connectivity index (χ1) is 9.16. The van der Waals surface area contributed by atoms with Crippen LogP contribution in [0.25, 0.3) is 0 Å². The molecule has 0 spiro atoms. The van der Waals surface area contributed by atoms with Crippen molar-refractivity contribution >= 4 is 17.3 Å². The first-order valence-corrected chi connectivity index (χ1v) is 6.65. The first-order valence-electron chi connectivity index (χ1n) is 6.65. The maximum absolute atomic E-state index is 12.0. The summed E-state index contributed by atoms with van der Waals surface area (Å²) in [6.45, 7) is 5.63. The molecule has 5 nitrogen and oxygen atoms in total.